The van der Waals surface area contributed by atoms with E-state index in [-0.39, 0.29) is 34.4 Å². The van der Waals surface area contributed by atoms with Crippen LogP contribution < -0.4 is 20.3 Å². The van der Waals surface area contributed by atoms with Crippen LogP contribution in [0.1, 0.15) is 18.3 Å². The first-order valence-corrected chi connectivity index (χ1v) is 13.2. The van der Waals surface area contributed by atoms with E-state index in [0.717, 1.165) is 4.47 Å². The number of nitrogens with zero attached hydrogens (tertiary/aromatic N) is 3. The summed E-state index contributed by atoms with van der Waals surface area (Å²) in [5, 5.41) is 7.31. The summed E-state index contributed by atoms with van der Waals surface area (Å²) >= 11 is 13.4. The minimum Gasteiger partial charge on any atom is -0.490 e. The molecular formula is C26H20Br2ClFN4O4. The number of rotatable bonds is 8. The first-order valence-electron chi connectivity index (χ1n) is 11.2. The third-order valence-electron chi connectivity index (χ3n) is 5.23. The molecule has 1 aromatic heterocycles. The standard InChI is InChI=1S/C26H20Br2ClFN4O4/c1-3-37-21-10-15(12-31-34-14(2)32-19-9-8-16(27)11-17(19)26(34)36)23(28)24(29)25(21)38-13-22(35)33-20-7-5-4-6-18(20)30/h4-12H,3,13H2,1-2H3,(H,33,35). The topological polar surface area (TPSA) is 94.8 Å². The van der Waals surface area contributed by atoms with Gasteiger partial charge in [-0.25, -0.2) is 9.37 Å². The third kappa shape index (κ3) is 6.06. The maximum atomic E-state index is 13.8. The molecule has 0 fully saturated rings. The molecule has 0 aliphatic heterocycles. The van der Waals surface area contributed by atoms with E-state index in [1.807, 2.05) is 6.07 Å². The summed E-state index contributed by atoms with van der Waals surface area (Å²) in [6.45, 7) is 3.30. The zero-order chi connectivity index (χ0) is 27.4. The lowest BCUT2D eigenvalue weighted by Crippen LogP contribution is -2.21. The molecule has 8 nitrogen and oxygen atoms in total. The van der Waals surface area contributed by atoms with Gasteiger partial charge in [0.05, 0.1) is 29.4 Å². The first kappa shape index (κ1) is 27.7. The van der Waals surface area contributed by atoms with Gasteiger partial charge < -0.3 is 14.8 Å². The van der Waals surface area contributed by atoms with E-state index in [1.54, 1.807) is 38.1 Å². The van der Waals surface area contributed by atoms with Crippen molar-refractivity contribution in [3.05, 3.63) is 90.1 Å². The van der Waals surface area contributed by atoms with Crippen LogP contribution in [0.2, 0.25) is 5.02 Å². The van der Waals surface area contributed by atoms with Crippen molar-refractivity contribution >= 4 is 72.2 Å². The molecule has 12 heteroatoms. The summed E-state index contributed by atoms with van der Waals surface area (Å²) in [7, 11) is 0. The number of halogens is 4. The van der Waals surface area contributed by atoms with Gasteiger partial charge in [-0.1, -0.05) is 39.7 Å². The molecule has 0 atom stereocenters. The van der Waals surface area contributed by atoms with Gasteiger partial charge in [0, 0.05) is 14.5 Å². The molecule has 196 valence electrons. The van der Waals surface area contributed by atoms with E-state index in [9.17, 15) is 14.0 Å². The van der Waals surface area contributed by atoms with Crippen LogP contribution in [0, 0.1) is 12.7 Å². The monoisotopic (exact) mass is 664 g/mol. The van der Waals surface area contributed by atoms with E-state index < -0.39 is 18.3 Å². The van der Waals surface area contributed by atoms with Crippen LogP contribution in [0.3, 0.4) is 0 Å². The van der Waals surface area contributed by atoms with Crippen molar-refractivity contribution < 1.29 is 18.7 Å². The molecule has 0 unspecified atom stereocenters. The number of anilines is 1. The predicted molar refractivity (Wildman–Crippen MR) is 152 cm³/mol. The molecule has 3 aromatic carbocycles. The highest BCUT2D eigenvalue weighted by atomic mass is 79.9. The molecule has 0 bridgehead atoms. The Morgan fingerprint density at radius 2 is 1.97 bits per heavy atom. The van der Waals surface area contributed by atoms with Gasteiger partial charge in [-0.3, -0.25) is 9.59 Å². The number of aryl methyl sites for hydroxylation is 1. The van der Waals surface area contributed by atoms with Crippen LogP contribution in [0.15, 0.2) is 67.4 Å². The fourth-order valence-electron chi connectivity index (χ4n) is 3.50. The molecular weight excluding hydrogens is 647 g/mol. The first-order chi connectivity index (χ1) is 18.2. The molecule has 0 saturated carbocycles. The normalized spacial score (nSPS) is 11.2. The molecule has 0 aliphatic carbocycles. The number of benzene rings is 3. The second-order valence-corrected chi connectivity index (χ2v) is 9.94. The second kappa shape index (κ2) is 12.1. The Kier molecular flexibility index (Phi) is 8.80. The van der Waals surface area contributed by atoms with Crippen molar-refractivity contribution in [2.45, 2.75) is 13.8 Å². The number of carbonyl (C=O) groups excluding carboxylic acids is 1. The largest absolute Gasteiger partial charge is 0.490 e. The number of amides is 1. The highest BCUT2D eigenvalue weighted by Gasteiger charge is 2.19. The van der Waals surface area contributed by atoms with Gasteiger partial charge >= 0.3 is 0 Å². The Morgan fingerprint density at radius 3 is 2.71 bits per heavy atom. The van der Waals surface area contributed by atoms with Gasteiger partial charge in [0.1, 0.15) is 16.7 Å². The van der Waals surface area contributed by atoms with Crippen molar-refractivity contribution in [3.63, 3.8) is 0 Å². The van der Waals surface area contributed by atoms with Crippen LogP contribution in [-0.4, -0.2) is 35.0 Å². The smallest absolute Gasteiger partial charge is 0.282 e. The lowest BCUT2D eigenvalue weighted by Gasteiger charge is -2.16. The van der Waals surface area contributed by atoms with E-state index in [2.05, 4.69) is 47.3 Å². The highest BCUT2D eigenvalue weighted by molar-refractivity contribution is 9.10. The summed E-state index contributed by atoms with van der Waals surface area (Å²) in [5.74, 6) is -0.379. The van der Waals surface area contributed by atoms with E-state index in [4.69, 9.17) is 21.1 Å². The number of nitrogens with one attached hydrogen (secondary N) is 1. The molecule has 4 rings (SSSR count). The average molecular weight is 667 g/mol. The summed E-state index contributed by atoms with van der Waals surface area (Å²) in [5.41, 5.74) is 0.747. The molecule has 1 heterocycles. The van der Waals surface area contributed by atoms with Gasteiger partial charge in [-0.05, 0) is 66.2 Å². The molecule has 0 spiro atoms. The fourth-order valence-corrected chi connectivity index (χ4v) is 4.51. The minimum absolute atomic E-state index is 0.0334. The average Bonchev–Trinajstić information content (AvgIpc) is 2.88. The van der Waals surface area contributed by atoms with Crippen LogP contribution >= 0.6 is 43.5 Å². The van der Waals surface area contributed by atoms with Crippen molar-refractivity contribution in [3.8, 4) is 11.5 Å². The number of aromatic nitrogens is 2. The molecule has 4 aromatic rings. The van der Waals surface area contributed by atoms with Crippen LogP contribution in [-0.2, 0) is 4.79 Å². The summed E-state index contributed by atoms with van der Waals surface area (Å²) in [6.07, 6.45) is 1.44. The number of hydrogen-bond acceptors (Lipinski definition) is 6. The summed E-state index contributed by atoms with van der Waals surface area (Å²) in [4.78, 5) is 29.8. The minimum atomic E-state index is -0.583. The summed E-state index contributed by atoms with van der Waals surface area (Å²) < 4.78 is 27.5. The van der Waals surface area contributed by atoms with Crippen LogP contribution in [0.5, 0.6) is 11.5 Å². The Morgan fingerprint density at radius 1 is 1.21 bits per heavy atom. The highest BCUT2D eigenvalue weighted by Crippen LogP contribution is 2.42. The maximum absolute atomic E-state index is 13.8. The van der Waals surface area contributed by atoms with Gasteiger partial charge in [0.15, 0.2) is 18.1 Å². The lowest BCUT2D eigenvalue weighted by atomic mass is 10.2. The predicted octanol–water partition coefficient (Wildman–Crippen LogP) is 6.32. The van der Waals surface area contributed by atoms with Gasteiger partial charge in [0.25, 0.3) is 11.5 Å². The van der Waals surface area contributed by atoms with Crippen LogP contribution in [0.25, 0.3) is 10.9 Å². The Balaban J connectivity index is 1.62. The van der Waals surface area contributed by atoms with E-state index in [0.29, 0.717) is 26.8 Å². The van der Waals surface area contributed by atoms with E-state index >= 15 is 0 Å². The van der Waals surface area contributed by atoms with Gasteiger partial charge in [-0.15, -0.1) is 0 Å². The molecule has 0 radical (unpaired) electrons. The quantitative estimate of drug-likeness (QED) is 0.222. The Hall–Kier alpha value is -3.28. The maximum Gasteiger partial charge on any atom is 0.282 e. The lowest BCUT2D eigenvalue weighted by molar-refractivity contribution is -0.118. The molecule has 0 aliphatic rings. The van der Waals surface area contributed by atoms with Gasteiger partial charge in [-0.2, -0.15) is 9.78 Å². The van der Waals surface area contributed by atoms with E-state index in [1.165, 1.54) is 29.1 Å². The Bertz CT molecular complexity index is 1630. The van der Waals surface area contributed by atoms with Gasteiger partial charge in [0.2, 0.25) is 0 Å². The second-order valence-electron chi connectivity index (χ2n) is 7.85. The van der Waals surface area contributed by atoms with Crippen LogP contribution in [0.4, 0.5) is 10.1 Å². The number of ether oxygens (including phenoxy) is 2. The van der Waals surface area contributed by atoms with Crippen molar-refractivity contribution in [1.82, 2.24) is 9.66 Å². The number of para-hydroxylation sites is 1. The SMILES string of the molecule is CCOc1cc(C=Nn2c(C)nc3ccc(Br)cc3c2=O)c(Br)c(Cl)c1OCC(=O)Nc1ccccc1F. The van der Waals surface area contributed by atoms with Crippen molar-refractivity contribution in [2.75, 3.05) is 18.5 Å². The zero-order valence-corrected chi connectivity index (χ0v) is 24.0. The molecule has 1 N–H and O–H groups in total. The molecule has 0 saturated heterocycles. The third-order valence-corrected chi connectivity index (χ3v) is 7.17. The molecule has 1 amide bonds. The summed E-state index contributed by atoms with van der Waals surface area (Å²) in [6, 6.07) is 12.6. The van der Waals surface area contributed by atoms with Crippen molar-refractivity contribution in [2.24, 2.45) is 5.10 Å². The number of fused-ring (bicyclic) bond motifs is 1. The number of hydrogen-bond donors (Lipinski definition) is 1. The molecule has 38 heavy (non-hydrogen) atoms. The fraction of sp³-hybridized carbons (Fsp3) is 0.154. The number of carbonyl (C=O) groups is 1. The van der Waals surface area contributed by atoms with Crippen molar-refractivity contribution in [1.29, 1.82) is 0 Å². The zero-order valence-electron chi connectivity index (χ0n) is 20.1. The Labute approximate surface area is 238 Å².